The third-order valence-corrected chi connectivity index (χ3v) is 3.60. The molecule has 21 heavy (non-hydrogen) atoms. The second kappa shape index (κ2) is 7.26. The Kier molecular flexibility index (Phi) is 5.38. The molecule has 2 rings (SSSR count). The van der Waals surface area contributed by atoms with Crippen LogP contribution >= 0.6 is 15.9 Å². The van der Waals surface area contributed by atoms with Gasteiger partial charge in [-0.3, -0.25) is 0 Å². The SMILES string of the molecule is CCCNc1ncc(Br)c(N(C)c2ccc(OC)cc2)n1. The average Bonchev–Trinajstić information content (AvgIpc) is 2.53. The van der Waals surface area contributed by atoms with Crippen molar-refractivity contribution >= 4 is 33.4 Å². The summed E-state index contributed by atoms with van der Waals surface area (Å²) in [6.07, 6.45) is 2.80. The van der Waals surface area contributed by atoms with Crippen LogP contribution in [-0.2, 0) is 0 Å². The van der Waals surface area contributed by atoms with E-state index >= 15 is 0 Å². The van der Waals surface area contributed by atoms with Crippen molar-refractivity contribution in [2.45, 2.75) is 13.3 Å². The van der Waals surface area contributed by atoms with Crippen molar-refractivity contribution < 1.29 is 4.74 Å². The van der Waals surface area contributed by atoms with Crippen molar-refractivity contribution in [1.29, 1.82) is 0 Å². The summed E-state index contributed by atoms with van der Waals surface area (Å²) >= 11 is 3.51. The Labute approximate surface area is 133 Å². The molecule has 0 aliphatic carbocycles. The third kappa shape index (κ3) is 3.85. The number of methoxy groups -OCH3 is 1. The molecule has 0 aliphatic heterocycles. The van der Waals surface area contributed by atoms with Gasteiger partial charge in [-0.15, -0.1) is 0 Å². The van der Waals surface area contributed by atoms with Crippen LogP contribution in [0.25, 0.3) is 0 Å². The van der Waals surface area contributed by atoms with Crippen molar-refractivity contribution in [3.05, 3.63) is 34.9 Å². The molecule has 6 heteroatoms. The van der Waals surface area contributed by atoms with Crippen molar-refractivity contribution in [2.75, 3.05) is 30.9 Å². The second-order valence-electron chi connectivity index (χ2n) is 4.55. The first kappa shape index (κ1) is 15.6. The molecule has 1 N–H and O–H groups in total. The van der Waals surface area contributed by atoms with Gasteiger partial charge in [-0.25, -0.2) is 4.98 Å². The summed E-state index contributed by atoms with van der Waals surface area (Å²) in [6, 6.07) is 7.84. The highest BCUT2D eigenvalue weighted by Crippen LogP contribution is 2.30. The summed E-state index contributed by atoms with van der Waals surface area (Å²) in [5.41, 5.74) is 1.02. The van der Waals surface area contributed by atoms with Gasteiger partial charge >= 0.3 is 0 Å². The van der Waals surface area contributed by atoms with Gasteiger partial charge in [0.15, 0.2) is 5.82 Å². The van der Waals surface area contributed by atoms with Crippen LogP contribution in [-0.4, -0.2) is 30.7 Å². The first-order valence-electron chi connectivity index (χ1n) is 6.80. The van der Waals surface area contributed by atoms with Gasteiger partial charge in [0.25, 0.3) is 0 Å². The van der Waals surface area contributed by atoms with Crippen LogP contribution in [0.2, 0.25) is 0 Å². The Hall–Kier alpha value is -1.82. The molecule has 1 aromatic heterocycles. The van der Waals surface area contributed by atoms with E-state index in [1.807, 2.05) is 36.2 Å². The molecular formula is C15H19BrN4O. The molecule has 0 saturated heterocycles. The van der Waals surface area contributed by atoms with Gasteiger partial charge in [0.2, 0.25) is 5.95 Å². The molecular weight excluding hydrogens is 332 g/mol. The van der Waals surface area contributed by atoms with Gasteiger partial charge in [0.05, 0.1) is 11.6 Å². The number of aromatic nitrogens is 2. The molecule has 0 saturated carbocycles. The quantitative estimate of drug-likeness (QED) is 0.857. The number of hydrogen-bond acceptors (Lipinski definition) is 5. The largest absolute Gasteiger partial charge is 0.497 e. The Morgan fingerprint density at radius 3 is 2.62 bits per heavy atom. The Bertz CT molecular complexity index is 589. The van der Waals surface area contributed by atoms with Gasteiger partial charge in [0, 0.05) is 25.5 Å². The lowest BCUT2D eigenvalue weighted by atomic mass is 10.3. The van der Waals surface area contributed by atoms with Gasteiger partial charge in [-0.05, 0) is 46.6 Å². The zero-order valence-electron chi connectivity index (χ0n) is 12.4. The smallest absolute Gasteiger partial charge is 0.224 e. The number of nitrogens with one attached hydrogen (secondary N) is 1. The van der Waals surface area contributed by atoms with E-state index in [0.29, 0.717) is 5.95 Å². The highest BCUT2D eigenvalue weighted by atomic mass is 79.9. The third-order valence-electron chi connectivity index (χ3n) is 3.04. The Morgan fingerprint density at radius 2 is 2.00 bits per heavy atom. The predicted molar refractivity (Wildman–Crippen MR) is 89.6 cm³/mol. The summed E-state index contributed by atoms with van der Waals surface area (Å²) in [6.45, 7) is 2.96. The summed E-state index contributed by atoms with van der Waals surface area (Å²) in [7, 11) is 3.63. The first-order chi connectivity index (χ1) is 10.2. The summed E-state index contributed by atoms with van der Waals surface area (Å²) in [5, 5.41) is 3.20. The zero-order valence-corrected chi connectivity index (χ0v) is 14.0. The van der Waals surface area contributed by atoms with Crippen LogP contribution in [0.1, 0.15) is 13.3 Å². The summed E-state index contributed by atoms with van der Waals surface area (Å²) in [4.78, 5) is 10.8. The van der Waals surface area contributed by atoms with Gasteiger partial charge in [-0.1, -0.05) is 6.92 Å². The summed E-state index contributed by atoms with van der Waals surface area (Å²) < 4.78 is 6.03. The highest BCUT2D eigenvalue weighted by molar-refractivity contribution is 9.10. The maximum atomic E-state index is 5.18. The van der Waals surface area contributed by atoms with Gasteiger partial charge in [-0.2, -0.15) is 4.98 Å². The van der Waals surface area contributed by atoms with Crippen LogP contribution in [0.15, 0.2) is 34.9 Å². The number of hydrogen-bond donors (Lipinski definition) is 1. The van der Waals surface area contributed by atoms with Crippen molar-refractivity contribution in [3.8, 4) is 5.75 Å². The standard InChI is InChI=1S/C15H19BrN4O/c1-4-9-17-15-18-10-13(16)14(19-15)20(2)11-5-7-12(21-3)8-6-11/h5-8,10H,4,9H2,1-3H3,(H,17,18,19). The number of ether oxygens (including phenoxy) is 1. The van der Waals surface area contributed by atoms with E-state index < -0.39 is 0 Å². The number of halogens is 1. The van der Waals surface area contributed by atoms with E-state index in [4.69, 9.17) is 4.74 Å². The van der Waals surface area contributed by atoms with E-state index in [9.17, 15) is 0 Å². The molecule has 2 aromatic rings. The molecule has 0 fully saturated rings. The van der Waals surface area contributed by atoms with Crippen molar-refractivity contribution in [3.63, 3.8) is 0 Å². The average molecular weight is 351 g/mol. The number of benzene rings is 1. The zero-order chi connectivity index (χ0) is 15.2. The van der Waals surface area contributed by atoms with E-state index in [1.165, 1.54) is 0 Å². The number of rotatable bonds is 6. The molecule has 1 heterocycles. The number of anilines is 3. The van der Waals surface area contributed by atoms with Crippen LogP contribution in [0, 0.1) is 0 Å². The molecule has 0 radical (unpaired) electrons. The molecule has 0 unspecified atom stereocenters. The lowest BCUT2D eigenvalue weighted by Crippen LogP contribution is -2.14. The molecule has 0 spiro atoms. The molecule has 5 nitrogen and oxygen atoms in total. The molecule has 0 amide bonds. The molecule has 0 atom stereocenters. The lowest BCUT2D eigenvalue weighted by Gasteiger charge is -2.20. The van der Waals surface area contributed by atoms with E-state index in [0.717, 1.165) is 34.7 Å². The fourth-order valence-corrected chi connectivity index (χ4v) is 2.30. The number of nitrogens with zero attached hydrogens (tertiary/aromatic N) is 3. The van der Waals surface area contributed by atoms with Crippen LogP contribution in [0.4, 0.5) is 17.5 Å². The fourth-order valence-electron chi connectivity index (χ4n) is 1.84. The minimum absolute atomic E-state index is 0.635. The first-order valence-corrected chi connectivity index (χ1v) is 7.59. The van der Waals surface area contributed by atoms with Gasteiger partial charge < -0.3 is 15.0 Å². The van der Waals surface area contributed by atoms with Crippen molar-refractivity contribution in [1.82, 2.24) is 9.97 Å². The van der Waals surface area contributed by atoms with E-state index in [2.05, 4.69) is 38.1 Å². The maximum Gasteiger partial charge on any atom is 0.224 e. The van der Waals surface area contributed by atoms with E-state index in [1.54, 1.807) is 13.3 Å². The monoisotopic (exact) mass is 350 g/mol. The molecule has 0 aliphatic rings. The highest BCUT2D eigenvalue weighted by Gasteiger charge is 2.11. The predicted octanol–water partition coefficient (Wildman–Crippen LogP) is 3.84. The Balaban J connectivity index is 2.25. The van der Waals surface area contributed by atoms with Gasteiger partial charge in [0.1, 0.15) is 5.75 Å². The van der Waals surface area contributed by atoms with E-state index in [-0.39, 0.29) is 0 Å². The Morgan fingerprint density at radius 1 is 1.29 bits per heavy atom. The topological polar surface area (TPSA) is 50.3 Å². The molecule has 0 bridgehead atoms. The fraction of sp³-hybridized carbons (Fsp3) is 0.333. The minimum atomic E-state index is 0.635. The molecule has 112 valence electrons. The minimum Gasteiger partial charge on any atom is -0.497 e. The normalized spacial score (nSPS) is 10.3. The van der Waals surface area contributed by atoms with Crippen LogP contribution < -0.4 is 15.0 Å². The van der Waals surface area contributed by atoms with Crippen LogP contribution in [0.5, 0.6) is 5.75 Å². The van der Waals surface area contributed by atoms with Crippen LogP contribution in [0.3, 0.4) is 0 Å². The summed E-state index contributed by atoms with van der Waals surface area (Å²) in [5.74, 6) is 2.28. The lowest BCUT2D eigenvalue weighted by molar-refractivity contribution is 0.415. The second-order valence-corrected chi connectivity index (χ2v) is 5.40. The molecule has 1 aromatic carbocycles. The maximum absolute atomic E-state index is 5.18. The van der Waals surface area contributed by atoms with Crippen molar-refractivity contribution in [2.24, 2.45) is 0 Å².